The molecule has 0 aliphatic carbocycles. The molecule has 1 aliphatic heterocycles. The molecule has 1 aromatic rings. The van der Waals surface area contributed by atoms with Crippen molar-refractivity contribution in [3.63, 3.8) is 0 Å². The van der Waals surface area contributed by atoms with Crippen LogP contribution in [0.1, 0.15) is 51.0 Å². The van der Waals surface area contributed by atoms with Crippen molar-refractivity contribution in [2.24, 2.45) is 0 Å². The van der Waals surface area contributed by atoms with E-state index in [9.17, 15) is 9.59 Å². The van der Waals surface area contributed by atoms with Crippen LogP contribution >= 0.6 is 0 Å². The monoisotopic (exact) mass is 332 g/mol. The van der Waals surface area contributed by atoms with Crippen LogP contribution in [0.25, 0.3) is 0 Å². The quantitative estimate of drug-likeness (QED) is 0.867. The zero-order valence-corrected chi connectivity index (χ0v) is 14.5. The topological polar surface area (TPSA) is 58.6 Å². The molecule has 24 heavy (non-hydrogen) atoms. The molecule has 0 spiro atoms. The van der Waals surface area contributed by atoms with E-state index in [-0.39, 0.29) is 24.6 Å². The van der Waals surface area contributed by atoms with Crippen molar-refractivity contribution < 1.29 is 14.3 Å². The zero-order chi connectivity index (χ0) is 17.2. The lowest BCUT2D eigenvalue weighted by Gasteiger charge is -2.24. The fraction of sp³-hybridized carbons (Fsp3) is 0.579. The summed E-state index contributed by atoms with van der Waals surface area (Å²) in [5, 5.41) is 3.06. The van der Waals surface area contributed by atoms with Crippen molar-refractivity contribution in [2.45, 2.75) is 58.1 Å². The first-order valence-corrected chi connectivity index (χ1v) is 8.94. The van der Waals surface area contributed by atoms with Crippen LogP contribution < -0.4 is 5.32 Å². The molecule has 1 aliphatic rings. The van der Waals surface area contributed by atoms with E-state index < -0.39 is 0 Å². The third-order valence-electron chi connectivity index (χ3n) is 4.26. The van der Waals surface area contributed by atoms with Crippen molar-refractivity contribution in [3.8, 4) is 0 Å². The summed E-state index contributed by atoms with van der Waals surface area (Å²) in [5.41, 5.74) is 0.977. The van der Waals surface area contributed by atoms with E-state index in [0.717, 1.165) is 37.7 Å². The van der Waals surface area contributed by atoms with Gasteiger partial charge in [-0.2, -0.15) is 0 Å². The highest BCUT2D eigenvalue weighted by molar-refractivity contribution is 5.76. The van der Waals surface area contributed by atoms with E-state index in [4.69, 9.17) is 4.74 Å². The first-order chi connectivity index (χ1) is 11.7. The predicted octanol–water partition coefficient (Wildman–Crippen LogP) is 3.48. The third kappa shape index (κ3) is 6.22. The van der Waals surface area contributed by atoms with E-state index in [1.165, 1.54) is 0 Å². The highest BCUT2D eigenvalue weighted by Crippen LogP contribution is 2.13. The molecule has 1 fully saturated rings. The Morgan fingerprint density at radius 1 is 1.25 bits per heavy atom. The molecule has 0 aromatic heterocycles. The average Bonchev–Trinajstić information content (AvgIpc) is 2.84. The van der Waals surface area contributed by atoms with E-state index in [2.05, 4.69) is 12.2 Å². The van der Waals surface area contributed by atoms with Gasteiger partial charge in [0.2, 0.25) is 5.91 Å². The molecule has 1 N–H and O–H groups in total. The van der Waals surface area contributed by atoms with Gasteiger partial charge in [0.1, 0.15) is 6.61 Å². The first-order valence-electron chi connectivity index (χ1n) is 8.94. The largest absolute Gasteiger partial charge is 0.445 e. The minimum absolute atomic E-state index is 0.0288. The number of nitrogens with one attached hydrogen (secondary N) is 1. The second-order valence-corrected chi connectivity index (χ2v) is 6.35. The van der Waals surface area contributed by atoms with Crippen molar-refractivity contribution in [1.82, 2.24) is 10.2 Å². The Morgan fingerprint density at radius 2 is 2.04 bits per heavy atom. The standard InChI is InChI=1S/C19H28N2O3/c1-2-3-12-18(22)20-17-11-7-8-13-21(14-17)19(23)24-15-16-9-5-4-6-10-16/h4-6,9-10,17H,2-3,7-8,11-15H2,1H3,(H,20,22). The predicted molar refractivity (Wildman–Crippen MR) is 93.5 cm³/mol. The van der Waals surface area contributed by atoms with Crippen molar-refractivity contribution in [1.29, 1.82) is 0 Å². The lowest BCUT2D eigenvalue weighted by molar-refractivity contribution is -0.122. The molecule has 5 nitrogen and oxygen atoms in total. The molecule has 1 saturated heterocycles. The van der Waals surface area contributed by atoms with Gasteiger partial charge in [-0.1, -0.05) is 43.7 Å². The van der Waals surface area contributed by atoms with E-state index in [1.807, 2.05) is 30.3 Å². The highest BCUT2D eigenvalue weighted by atomic mass is 16.6. The highest BCUT2D eigenvalue weighted by Gasteiger charge is 2.24. The molecular weight excluding hydrogens is 304 g/mol. The van der Waals surface area contributed by atoms with Gasteiger partial charge in [-0.25, -0.2) is 4.79 Å². The number of benzene rings is 1. The van der Waals surface area contributed by atoms with Crippen LogP contribution in [0, 0.1) is 0 Å². The van der Waals surface area contributed by atoms with Gasteiger partial charge in [-0.3, -0.25) is 4.79 Å². The van der Waals surface area contributed by atoms with Gasteiger partial charge >= 0.3 is 6.09 Å². The maximum atomic E-state index is 12.3. The summed E-state index contributed by atoms with van der Waals surface area (Å²) >= 11 is 0. The number of likely N-dealkylation sites (tertiary alicyclic amines) is 1. The average molecular weight is 332 g/mol. The molecule has 1 aromatic carbocycles. The SMILES string of the molecule is CCCCC(=O)NC1CCCCN(C(=O)OCc2ccccc2)C1. The van der Waals surface area contributed by atoms with Crippen LogP contribution in [0.15, 0.2) is 30.3 Å². The summed E-state index contributed by atoms with van der Waals surface area (Å²) in [6, 6.07) is 9.69. The van der Waals surface area contributed by atoms with Gasteiger partial charge in [0.15, 0.2) is 0 Å². The molecule has 0 bridgehead atoms. The number of ether oxygens (including phenoxy) is 1. The molecule has 2 amide bonds. The fourth-order valence-corrected chi connectivity index (χ4v) is 2.87. The molecule has 2 rings (SSSR count). The van der Waals surface area contributed by atoms with Gasteiger partial charge in [0.25, 0.3) is 0 Å². The minimum atomic E-state index is -0.298. The Hall–Kier alpha value is -2.04. The van der Waals surface area contributed by atoms with E-state index in [0.29, 0.717) is 19.5 Å². The summed E-state index contributed by atoms with van der Waals surface area (Å²) in [5.74, 6) is 0.0846. The van der Waals surface area contributed by atoms with Gasteiger partial charge in [-0.15, -0.1) is 0 Å². The summed E-state index contributed by atoms with van der Waals surface area (Å²) in [6.07, 6.45) is 5.06. The second-order valence-electron chi connectivity index (χ2n) is 6.35. The van der Waals surface area contributed by atoms with Gasteiger partial charge < -0.3 is 15.0 Å². The van der Waals surface area contributed by atoms with Crippen LogP contribution in [-0.4, -0.2) is 36.0 Å². The maximum Gasteiger partial charge on any atom is 0.410 e. The second kappa shape index (κ2) is 9.96. The van der Waals surface area contributed by atoms with Crippen molar-refractivity contribution >= 4 is 12.0 Å². The molecule has 0 radical (unpaired) electrons. The lowest BCUT2D eigenvalue weighted by atomic mass is 10.1. The molecule has 1 atom stereocenters. The smallest absolute Gasteiger partial charge is 0.410 e. The van der Waals surface area contributed by atoms with Crippen LogP contribution in [0.5, 0.6) is 0 Å². The number of amides is 2. The van der Waals surface area contributed by atoms with Crippen LogP contribution in [-0.2, 0) is 16.1 Å². The summed E-state index contributed by atoms with van der Waals surface area (Å²) < 4.78 is 5.42. The molecule has 1 unspecified atom stereocenters. The maximum absolute atomic E-state index is 12.3. The van der Waals surface area contributed by atoms with Crippen LogP contribution in [0.4, 0.5) is 4.79 Å². The molecule has 5 heteroatoms. The van der Waals surface area contributed by atoms with Crippen molar-refractivity contribution in [2.75, 3.05) is 13.1 Å². The summed E-state index contributed by atoms with van der Waals surface area (Å²) in [4.78, 5) is 26.0. The number of carbonyl (C=O) groups is 2. The number of rotatable bonds is 6. The zero-order valence-electron chi connectivity index (χ0n) is 14.5. The Labute approximate surface area is 144 Å². The normalized spacial score (nSPS) is 17.9. The van der Waals surface area contributed by atoms with Crippen molar-refractivity contribution in [3.05, 3.63) is 35.9 Å². The molecular formula is C19H28N2O3. The van der Waals surface area contributed by atoms with Crippen LogP contribution in [0.2, 0.25) is 0 Å². The molecule has 1 heterocycles. The summed E-state index contributed by atoms with van der Waals surface area (Å²) in [7, 11) is 0. The number of carbonyl (C=O) groups excluding carboxylic acids is 2. The molecule has 132 valence electrons. The van der Waals surface area contributed by atoms with E-state index in [1.54, 1.807) is 4.90 Å². The van der Waals surface area contributed by atoms with Gasteiger partial charge in [-0.05, 0) is 31.2 Å². The first kappa shape index (κ1) is 18.3. The Morgan fingerprint density at radius 3 is 2.79 bits per heavy atom. The van der Waals surface area contributed by atoms with Gasteiger partial charge in [0, 0.05) is 25.6 Å². The molecule has 0 saturated carbocycles. The summed E-state index contributed by atoms with van der Waals surface area (Å²) in [6.45, 7) is 3.58. The Balaban J connectivity index is 1.82. The van der Waals surface area contributed by atoms with Crippen LogP contribution in [0.3, 0.4) is 0 Å². The Kier molecular flexibility index (Phi) is 7.59. The number of unbranched alkanes of at least 4 members (excludes halogenated alkanes) is 1. The Bertz CT molecular complexity index is 519. The minimum Gasteiger partial charge on any atom is -0.445 e. The number of nitrogens with zero attached hydrogens (tertiary/aromatic N) is 1. The fourth-order valence-electron chi connectivity index (χ4n) is 2.87. The van der Waals surface area contributed by atoms with Gasteiger partial charge in [0.05, 0.1) is 0 Å². The third-order valence-corrected chi connectivity index (χ3v) is 4.26. The van der Waals surface area contributed by atoms with E-state index >= 15 is 0 Å². The lowest BCUT2D eigenvalue weighted by Crippen LogP contribution is -2.44. The number of hydrogen-bond donors (Lipinski definition) is 1. The number of hydrogen-bond acceptors (Lipinski definition) is 3.